The molecule has 4 N–H and O–H groups in total. The van der Waals surface area contributed by atoms with E-state index in [-0.39, 0.29) is 65.1 Å². The fourth-order valence-electron chi connectivity index (χ4n) is 8.22. The molecule has 2 aliphatic rings. The van der Waals surface area contributed by atoms with Gasteiger partial charge in [-0.2, -0.15) is 0 Å². The number of aliphatic imine (C=N–C) groups is 1. The summed E-state index contributed by atoms with van der Waals surface area (Å²) in [6.45, 7) is 13.6. The van der Waals surface area contributed by atoms with Crippen molar-refractivity contribution in [3.05, 3.63) is 104 Å². The molecule has 2 aliphatic heterocycles. The van der Waals surface area contributed by atoms with E-state index in [0.717, 1.165) is 58.9 Å². The first-order valence-corrected chi connectivity index (χ1v) is 25.1. The standard InChI is InChI=1S/C49H59ClFN9O8S2/c1-27-29(3)70-48-39(27)41(32-12-14-34(50)15-13-32)55-35(45-58-57-30(4)60(45)48)22-37(62)52-16-17-66-18-19-67-20-21-68-25-38(63)56-44(49(5,6)7)47(65)59-24-36(61)40(51)42(59)46(64)53-23-31-8-10-33(11-9-31)43-28(2)54-26-69-43/h8-15,26,35-36,40,42,44,61H,16-25H2,1-7H3,(H,52,62)(H,53,64)(H,56,63)/t35-,36-,40-,42-,44+/m0/s1. The van der Waals surface area contributed by atoms with Crippen molar-refractivity contribution < 1.29 is 42.9 Å². The molecule has 1 saturated heterocycles. The van der Waals surface area contributed by atoms with Crippen LogP contribution in [0.2, 0.25) is 5.02 Å². The number of halogens is 2. The Hall–Kier alpha value is -5.48. The first-order chi connectivity index (χ1) is 33.4. The maximum Gasteiger partial charge on any atom is 0.246 e. The fourth-order valence-corrected chi connectivity index (χ4v) is 10.4. The SMILES string of the molecule is Cc1ncsc1-c1ccc(CNC(=O)[C@@H]2[C@@H](F)[C@@H](O)CN2C(=O)[C@@H](NC(=O)COCCOCCOCCNC(=O)C[C@@H]2N=C(c3ccc(Cl)cc3)c3c(sc(C)c3C)-n3c(C)nnc32)C(C)(C)C)cc1. The summed E-state index contributed by atoms with van der Waals surface area (Å²) in [5.74, 6) is -0.984. The van der Waals surface area contributed by atoms with Crippen LogP contribution < -0.4 is 16.0 Å². The number of fused-ring (bicyclic) bond motifs is 3. The summed E-state index contributed by atoms with van der Waals surface area (Å²) in [5.41, 5.74) is 7.32. The van der Waals surface area contributed by atoms with Crippen molar-refractivity contribution in [1.29, 1.82) is 0 Å². The van der Waals surface area contributed by atoms with E-state index in [1.165, 1.54) is 11.3 Å². The van der Waals surface area contributed by atoms with Crippen LogP contribution in [0.4, 0.5) is 4.39 Å². The lowest BCUT2D eigenvalue weighted by Crippen LogP contribution is -2.59. The molecule has 0 radical (unpaired) electrons. The Bertz CT molecular complexity index is 2680. The molecule has 0 spiro atoms. The summed E-state index contributed by atoms with van der Waals surface area (Å²) in [4.78, 5) is 66.3. The normalized spacial score (nSPS) is 18.1. The van der Waals surface area contributed by atoms with Gasteiger partial charge in [-0.3, -0.25) is 28.7 Å². The van der Waals surface area contributed by atoms with Gasteiger partial charge in [0.15, 0.2) is 12.0 Å². The molecule has 4 amide bonds. The molecule has 5 atom stereocenters. The number of thiazole rings is 1. The number of alkyl halides is 1. The Balaban J connectivity index is 0.806. The number of rotatable bonds is 20. The number of likely N-dealkylation sites (tertiary alicyclic amines) is 1. The zero-order valence-corrected chi connectivity index (χ0v) is 42.6. The average Bonchev–Trinajstić information content (AvgIpc) is 4.06. The van der Waals surface area contributed by atoms with Gasteiger partial charge in [-0.05, 0) is 61.9 Å². The van der Waals surface area contributed by atoms with E-state index in [1.54, 1.807) is 37.6 Å². The highest BCUT2D eigenvalue weighted by molar-refractivity contribution is 7.15. The van der Waals surface area contributed by atoms with Crippen molar-refractivity contribution in [2.45, 2.75) is 91.8 Å². The lowest BCUT2D eigenvalue weighted by Gasteiger charge is -2.35. The number of aliphatic hydroxyl groups is 1. The number of β-amino-alcohol motifs (C(OH)–C–C–N with tert-alkyl or cyclic N) is 1. The van der Waals surface area contributed by atoms with E-state index in [9.17, 15) is 24.3 Å². The predicted molar refractivity (Wildman–Crippen MR) is 265 cm³/mol. The van der Waals surface area contributed by atoms with Crippen LogP contribution in [-0.4, -0.2) is 136 Å². The third-order valence-corrected chi connectivity index (χ3v) is 14.5. The highest BCUT2D eigenvalue weighted by Gasteiger charge is 2.50. The first kappa shape index (κ1) is 52.3. The Labute approximate surface area is 419 Å². The number of benzene rings is 2. The van der Waals surface area contributed by atoms with E-state index in [4.69, 9.17) is 30.8 Å². The second-order valence-corrected chi connectivity index (χ2v) is 20.7. The van der Waals surface area contributed by atoms with Gasteiger partial charge >= 0.3 is 0 Å². The maximum absolute atomic E-state index is 15.4. The highest BCUT2D eigenvalue weighted by atomic mass is 35.5. The van der Waals surface area contributed by atoms with Gasteiger partial charge in [-0.25, -0.2) is 9.37 Å². The Morgan fingerprint density at radius 1 is 0.900 bits per heavy atom. The van der Waals surface area contributed by atoms with Crippen molar-refractivity contribution in [3.8, 4) is 15.4 Å². The van der Waals surface area contributed by atoms with E-state index >= 15 is 4.39 Å². The Kier molecular flexibility index (Phi) is 17.3. The second kappa shape index (κ2) is 23.2. The van der Waals surface area contributed by atoms with Crippen LogP contribution >= 0.6 is 34.3 Å². The number of aliphatic hydroxyl groups excluding tert-OH is 1. The summed E-state index contributed by atoms with van der Waals surface area (Å²) < 4.78 is 34.1. The molecule has 5 heterocycles. The van der Waals surface area contributed by atoms with Crippen molar-refractivity contribution in [3.63, 3.8) is 0 Å². The van der Waals surface area contributed by atoms with Crippen LogP contribution in [-0.2, 0) is 39.9 Å². The van der Waals surface area contributed by atoms with Gasteiger partial charge in [0.1, 0.15) is 41.7 Å². The van der Waals surface area contributed by atoms with Gasteiger partial charge in [0.25, 0.3) is 0 Å². The van der Waals surface area contributed by atoms with Crippen LogP contribution in [0.3, 0.4) is 0 Å². The van der Waals surface area contributed by atoms with Gasteiger partial charge in [0.2, 0.25) is 23.6 Å². The summed E-state index contributed by atoms with van der Waals surface area (Å²) in [7, 11) is 0. The number of amides is 4. The topological polar surface area (TPSA) is 211 Å². The highest BCUT2D eigenvalue weighted by Crippen LogP contribution is 2.40. The molecule has 3 aromatic heterocycles. The van der Waals surface area contributed by atoms with E-state index in [1.807, 2.05) is 66.9 Å². The number of carbonyl (C=O) groups excluding carboxylic acids is 4. The van der Waals surface area contributed by atoms with Crippen molar-refractivity contribution in [2.24, 2.45) is 10.4 Å². The van der Waals surface area contributed by atoms with Crippen molar-refractivity contribution >= 4 is 63.6 Å². The van der Waals surface area contributed by atoms with Gasteiger partial charge in [-0.15, -0.1) is 32.9 Å². The molecule has 0 aliphatic carbocycles. The van der Waals surface area contributed by atoms with Crippen LogP contribution in [0.15, 0.2) is 59.0 Å². The number of aryl methyl sites for hydroxylation is 3. The van der Waals surface area contributed by atoms with Crippen LogP contribution in [0.1, 0.15) is 77.7 Å². The molecule has 17 nitrogen and oxygen atoms in total. The minimum atomic E-state index is -2.03. The molecule has 1 fully saturated rings. The number of ether oxygens (including phenoxy) is 3. The summed E-state index contributed by atoms with van der Waals surface area (Å²) >= 11 is 9.39. The number of hydrogen-bond acceptors (Lipinski definition) is 14. The largest absolute Gasteiger partial charge is 0.388 e. The summed E-state index contributed by atoms with van der Waals surface area (Å²) in [5, 5.41) is 29.2. The Morgan fingerprint density at radius 2 is 1.57 bits per heavy atom. The van der Waals surface area contributed by atoms with Crippen LogP contribution in [0, 0.1) is 33.1 Å². The monoisotopic (exact) mass is 1020 g/mol. The van der Waals surface area contributed by atoms with Crippen molar-refractivity contribution in [1.82, 2.24) is 40.6 Å². The minimum Gasteiger partial charge on any atom is -0.388 e. The molecular weight excluding hydrogens is 961 g/mol. The van der Waals surface area contributed by atoms with E-state index in [2.05, 4.69) is 45.0 Å². The van der Waals surface area contributed by atoms with Gasteiger partial charge in [0.05, 0.1) is 67.8 Å². The number of nitrogens with one attached hydrogen (secondary N) is 3. The lowest BCUT2D eigenvalue weighted by molar-refractivity contribution is -0.145. The average molecular weight is 1020 g/mol. The minimum absolute atomic E-state index is 0.0457. The molecule has 0 saturated carbocycles. The molecular formula is C49H59ClFN9O8S2. The molecule has 7 rings (SSSR count). The summed E-state index contributed by atoms with van der Waals surface area (Å²) in [6, 6.07) is 11.7. The second-order valence-electron chi connectivity index (χ2n) is 18.2. The molecule has 0 bridgehead atoms. The third kappa shape index (κ3) is 12.3. The third-order valence-electron chi connectivity index (χ3n) is 12.1. The zero-order chi connectivity index (χ0) is 50.3. The van der Waals surface area contributed by atoms with Crippen LogP contribution in [0.25, 0.3) is 15.4 Å². The van der Waals surface area contributed by atoms with Gasteiger partial charge < -0.3 is 40.2 Å². The number of carbonyl (C=O) groups is 4. The predicted octanol–water partition coefficient (Wildman–Crippen LogP) is 5.54. The fraction of sp³-hybridized carbons (Fsp3) is 0.469. The van der Waals surface area contributed by atoms with Crippen molar-refractivity contribution in [2.75, 3.05) is 52.7 Å². The van der Waals surface area contributed by atoms with E-state index < -0.39 is 60.1 Å². The smallest absolute Gasteiger partial charge is 0.246 e. The zero-order valence-electron chi connectivity index (χ0n) is 40.2. The molecule has 70 heavy (non-hydrogen) atoms. The molecule has 5 aromatic rings. The maximum atomic E-state index is 15.4. The van der Waals surface area contributed by atoms with Gasteiger partial charge in [-0.1, -0.05) is 68.8 Å². The summed E-state index contributed by atoms with van der Waals surface area (Å²) in [6.07, 6.45) is -3.56. The molecule has 2 aromatic carbocycles. The lowest BCUT2D eigenvalue weighted by atomic mass is 9.85. The molecule has 0 unspecified atom stereocenters. The number of nitrogens with zero attached hydrogens (tertiary/aromatic N) is 6. The number of hydrogen-bond donors (Lipinski definition) is 4. The van der Waals surface area contributed by atoms with Crippen LogP contribution in [0.5, 0.6) is 0 Å². The first-order valence-electron chi connectivity index (χ1n) is 23.0. The van der Waals surface area contributed by atoms with E-state index in [0.29, 0.717) is 16.7 Å². The number of aromatic nitrogens is 4. The molecule has 21 heteroatoms. The molecule has 374 valence electrons. The number of thiophene rings is 1. The Morgan fingerprint density at radius 3 is 2.24 bits per heavy atom. The van der Waals surface area contributed by atoms with Gasteiger partial charge in [0, 0.05) is 34.1 Å². The quantitative estimate of drug-likeness (QED) is 0.0711.